The number of carbonyl (C=O) groups is 1. The Labute approximate surface area is 124 Å². The molecule has 1 heterocycles. The maximum absolute atomic E-state index is 13.1. The molecule has 0 aromatic carbocycles. The number of hydrogen-bond acceptors (Lipinski definition) is 3. The van der Waals surface area contributed by atoms with Crippen molar-refractivity contribution in [3.63, 3.8) is 0 Å². The molecule has 0 bridgehead atoms. The monoisotopic (exact) mass is 323 g/mol. The maximum Gasteiger partial charge on any atom is 0.248 e. The highest BCUT2D eigenvalue weighted by Gasteiger charge is 2.37. The molecule has 1 atom stereocenters. The van der Waals surface area contributed by atoms with Crippen LogP contribution in [0.25, 0.3) is 0 Å². The van der Waals surface area contributed by atoms with Crippen molar-refractivity contribution in [2.75, 3.05) is 18.6 Å². The van der Waals surface area contributed by atoms with Gasteiger partial charge in [-0.3, -0.25) is 4.79 Å². The third-order valence-corrected chi connectivity index (χ3v) is 6.54. The lowest BCUT2D eigenvalue weighted by Gasteiger charge is -2.35. The van der Waals surface area contributed by atoms with Gasteiger partial charge in [0.2, 0.25) is 11.8 Å². The first-order valence-electron chi connectivity index (χ1n) is 7.52. The molecule has 0 aromatic rings. The number of hydrogen-bond donors (Lipinski definition) is 0. The zero-order chi connectivity index (χ0) is 15.7. The summed E-state index contributed by atoms with van der Waals surface area (Å²) < 4.78 is 49.4. The van der Waals surface area contributed by atoms with E-state index in [2.05, 4.69) is 0 Å². The number of alkyl halides is 2. The molecule has 0 N–H and O–H groups in total. The van der Waals surface area contributed by atoms with Crippen LogP contribution in [0.3, 0.4) is 0 Å². The fourth-order valence-electron chi connectivity index (χ4n) is 3.29. The van der Waals surface area contributed by atoms with Crippen LogP contribution in [0.1, 0.15) is 44.9 Å². The van der Waals surface area contributed by atoms with E-state index in [4.69, 9.17) is 0 Å². The van der Waals surface area contributed by atoms with Crippen LogP contribution >= 0.6 is 0 Å². The van der Waals surface area contributed by atoms with Gasteiger partial charge in [-0.05, 0) is 31.6 Å². The lowest BCUT2D eigenvalue weighted by atomic mass is 9.91. The number of sulfone groups is 1. The van der Waals surface area contributed by atoms with E-state index in [0.29, 0.717) is 19.3 Å². The van der Waals surface area contributed by atoms with Crippen LogP contribution in [0.4, 0.5) is 8.78 Å². The second-order valence-corrected chi connectivity index (χ2v) is 8.65. The minimum absolute atomic E-state index is 0.0787. The van der Waals surface area contributed by atoms with Crippen LogP contribution in [-0.4, -0.2) is 49.7 Å². The second-order valence-electron chi connectivity index (χ2n) is 6.42. The number of carbonyl (C=O) groups excluding carboxylic acids is 1. The van der Waals surface area contributed by atoms with Gasteiger partial charge in [0.05, 0.1) is 11.5 Å². The van der Waals surface area contributed by atoms with Gasteiger partial charge in [0, 0.05) is 32.4 Å². The molecule has 0 aromatic heterocycles. The van der Waals surface area contributed by atoms with Gasteiger partial charge in [-0.2, -0.15) is 0 Å². The van der Waals surface area contributed by atoms with Crippen molar-refractivity contribution in [2.45, 2.75) is 56.9 Å². The van der Waals surface area contributed by atoms with Crippen LogP contribution < -0.4 is 0 Å². The van der Waals surface area contributed by atoms with E-state index in [0.717, 1.165) is 6.42 Å². The van der Waals surface area contributed by atoms with E-state index >= 15 is 0 Å². The molecular weight excluding hydrogens is 300 g/mol. The number of rotatable bonds is 3. The fourth-order valence-corrected chi connectivity index (χ4v) is 5.06. The zero-order valence-corrected chi connectivity index (χ0v) is 13.2. The molecule has 7 heteroatoms. The number of halogens is 2. The minimum Gasteiger partial charge on any atom is -0.343 e. The normalized spacial score (nSPS) is 29.0. The van der Waals surface area contributed by atoms with Crippen molar-refractivity contribution < 1.29 is 22.0 Å². The topological polar surface area (TPSA) is 54.5 Å². The van der Waals surface area contributed by atoms with Crippen LogP contribution in [0, 0.1) is 5.92 Å². The van der Waals surface area contributed by atoms with Crippen molar-refractivity contribution in [3.8, 4) is 0 Å². The highest BCUT2D eigenvalue weighted by atomic mass is 32.2. The van der Waals surface area contributed by atoms with Gasteiger partial charge in [0.15, 0.2) is 9.84 Å². The van der Waals surface area contributed by atoms with E-state index in [1.54, 1.807) is 11.9 Å². The van der Waals surface area contributed by atoms with Gasteiger partial charge < -0.3 is 4.90 Å². The smallest absolute Gasteiger partial charge is 0.248 e. The molecule has 0 unspecified atom stereocenters. The Bertz CT molecular complexity index is 482. The Morgan fingerprint density at radius 2 is 1.86 bits per heavy atom. The van der Waals surface area contributed by atoms with Crippen LogP contribution in [0.15, 0.2) is 0 Å². The Morgan fingerprint density at radius 3 is 2.43 bits per heavy atom. The van der Waals surface area contributed by atoms with Gasteiger partial charge in [-0.1, -0.05) is 0 Å². The molecule has 4 nitrogen and oxygen atoms in total. The SMILES string of the molecule is CN(C(=O)C[C@H]1CCCS(=O)(=O)C1)C1CCC(F)(F)CC1. The summed E-state index contributed by atoms with van der Waals surface area (Å²) in [6.07, 6.45) is 1.86. The van der Waals surface area contributed by atoms with Crippen molar-refractivity contribution >= 4 is 15.7 Å². The first-order valence-corrected chi connectivity index (χ1v) is 9.35. The Kier molecular flexibility index (Phi) is 4.90. The summed E-state index contributed by atoms with van der Waals surface area (Å²) >= 11 is 0. The lowest BCUT2D eigenvalue weighted by Crippen LogP contribution is -2.43. The molecule has 2 aliphatic rings. The van der Waals surface area contributed by atoms with Crippen LogP contribution in [-0.2, 0) is 14.6 Å². The van der Waals surface area contributed by atoms with Crippen LogP contribution in [0.2, 0.25) is 0 Å². The summed E-state index contributed by atoms with van der Waals surface area (Å²) in [5, 5.41) is 0. The molecule has 122 valence electrons. The first-order chi connectivity index (χ1) is 9.69. The molecule has 21 heavy (non-hydrogen) atoms. The molecule has 0 radical (unpaired) electrons. The van der Waals surface area contributed by atoms with Gasteiger partial charge >= 0.3 is 0 Å². The minimum atomic E-state index is -3.01. The molecule has 0 spiro atoms. The summed E-state index contributed by atoms with van der Waals surface area (Å²) in [6.45, 7) is 0. The molecule has 1 saturated carbocycles. The molecule has 1 aliphatic carbocycles. The summed E-state index contributed by atoms with van der Waals surface area (Å²) in [6, 6.07) is -0.141. The van der Waals surface area contributed by atoms with Crippen molar-refractivity contribution in [1.29, 1.82) is 0 Å². The van der Waals surface area contributed by atoms with E-state index in [1.165, 1.54) is 0 Å². The van der Waals surface area contributed by atoms with E-state index in [-0.39, 0.29) is 48.6 Å². The average Bonchev–Trinajstić information content (AvgIpc) is 2.36. The third-order valence-electron chi connectivity index (χ3n) is 4.65. The van der Waals surface area contributed by atoms with E-state index in [1.807, 2.05) is 0 Å². The van der Waals surface area contributed by atoms with E-state index in [9.17, 15) is 22.0 Å². The van der Waals surface area contributed by atoms with Gasteiger partial charge in [-0.25, -0.2) is 17.2 Å². The van der Waals surface area contributed by atoms with Crippen LogP contribution in [0.5, 0.6) is 0 Å². The fraction of sp³-hybridized carbons (Fsp3) is 0.929. The van der Waals surface area contributed by atoms with Gasteiger partial charge in [0.25, 0.3) is 0 Å². The van der Waals surface area contributed by atoms with Gasteiger partial charge in [-0.15, -0.1) is 0 Å². The van der Waals surface area contributed by atoms with Crippen molar-refractivity contribution in [2.24, 2.45) is 5.92 Å². The van der Waals surface area contributed by atoms with Gasteiger partial charge in [0.1, 0.15) is 0 Å². The molecular formula is C14H23F2NO3S. The predicted molar refractivity (Wildman–Crippen MR) is 76.0 cm³/mol. The van der Waals surface area contributed by atoms with Crippen molar-refractivity contribution in [3.05, 3.63) is 0 Å². The molecule has 2 fully saturated rings. The highest BCUT2D eigenvalue weighted by Crippen LogP contribution is 2.35. The first kappa shape index (κ1) is 16.6. The highest BCUT2D eigenvalue weighted by molar-refractivity contribution is 7.91. The Hall–Kier alpha value is -0.720. The third kappa shape index (κ3) is 4.63. The van der Waals surface area contributed by atoms with E-state index < -0.39 is 15.8 Å². The summed E-state index contributed by atoms with van der Waals surface area (Å²) in [4.78, 5) is 13.8. The predicted octanol–water partition coefficient (Wildman–Crippen LogP) is 2.24. The Balaban J connectivity index is 1.85. The molecule has 1 saturated heterocycles. The Morgan fingerprint density at radius 1 is 1.24 bits per heavy atom. The lowest BCUT2D eigenvalue weighted by molar-refractivity contribution is -0.135. The number of nitrogens with zero attached hydrogens (tertiary/aromatic N) is 1. The van der Waals surface area contributed by atoms with Crippen molar-refractivity contribution in [1.82, 2.24) is 4.90 Å². The quantitative estimate of drug-likeness (QED) is 0.800. The summed E-state index contributed by atoms with van der Waals surface area (Å²) in [7, 11) is -1.37. The maximum atomic E-state index is 13.1. The summed E-state index contributed by atoms with van der Waals surface area (Å²) in [5.41, 5.74) is 0. The number of amides is 1. The molecule has 2 rings (SSSR count). The standard InChI is InChI=1S/C14H23F2NO3S/c1-17(12-4-6-14(15,16)7-5-12)13(18)9-11-3-2-8-21(19,20)10-11/h11-12H,2-10H2,1H3/t11-/m1/s1. The largest absolute Gasteiger partial charge is 0.343 e. The summed E-state index contributed by atoms with van der Waals surface area (Å²) in [5.74, 6) is -2.55. The average molecular weight is 323 g/mol. The molecule has 1 aliphatic heterocycles. The molecule has 1 amide bonds. The zero-order valence-electron chi connectivity index (χ0n) is 12.4. The second kappa shape index (κ2) is 6.18.